The van der Waals surface area contributed by atoms with Crippen LogP contribution in [0.3, 0.4) is 0 Å². The van der Waals surface area contributed by atoms with E-state index in [9.17, 15) is 18.0 Å². The second kappa shape index (κ2) is 7.47. The molecular weight excluding hydrogens is 435 g/mol. The molecule has 1 amide bonds. The number of amides is 1. The summed E-state index contributed by atoms with van der Waals surface area (Å²) in [5.41, 5.74) is 4.55. The van der Waals surface area contributed by atoms with Gasteiger partial charge in [-0.1, -0.05) is 0 Å². The number of aromatic amines is 1. The van der Waals surface area contributed by atoms with E-state index in [2.05, 4.69) is 20.2 Å². The molecule has 0 aliphatic rings. The number of hydrogen-bond acceptors (Lipinski definition) is 4. The number of alkyl halides is 3. The number of hydrogen-bond donors (Lipinski definition) is 2. The fourth-order valence-corrected chi connectivity index (χ4v) is 3.76. The third-order valence-corrected chi connectivity index (χ3v) is 5.51. The first-order chi connectivity index (χ1) is 15.7. The number of nitrogens with one attached hydrogen (secondary N) is 2. The van der Waals surface area contributed by atoms with Crippen LogP contribution in [-0.2, 0) is 7.05 Å². The largest absolute Gasteiger partial charge is 0.408 e. The summed E-state index contributed by atoms with van der Waals surface area (Å²) in [6, 6.07) is 3.46. The molecule has 33 heavy (non-hydrogen) atoms. The van der Waals surface area contributed by atoms with Crippen molar-refractivity contribution in [3.05, 3.63) is 60.9 Å². The molecule has 8 nitrogen and oxygen atoms in total. The summed E-state index contributed by atoms with van der Waals surface area (Å²) in [5.74, 6) is -0.844. The molecule has 2 N–H and O–H groups in total. The van der Waals surface area contributed by atoms with Crippen LogP contribution < -0.4 is 5.32 Å². The van der Waals surface area contributed by atoms with Gasteiger partial charge in [0.25, 0.3) is 5.91 Å². The zero-order chi connectivity index (χ0) is 23.3. The number of aryl methyl sites for hydroxylation is 1. The minimum Gasteiger partial charge on any atom is -0.345 e. The fourth-order valence-electron chi connectivity index (χ4n) is 3.76. The van der Waals surface area contributed by atoms with Crippen molar-refractivity contribution < 1.29 is 18.0 Å². The molecule has 0 aliphatic heterocycles. The lowest BCUT2D eigenvalue weighted by atomic mass is 10.00. The number of rotatable bonds is 4. The van der Waals surface area contributed by atoms with Crippen LogP contribution in [0.25, 0.3) is 38.8 Å². The number of nitrogens with zero attached hydrogens (tertiary/aromatic N) is 5. The van der Waals surface area contributed by atoms with Gasteiger partial charge in [-0.15, -0.1) is 0 Å². The van der Waals surface area contributed by atoms with Gasteiger partial charge in [-0.3, -0.25) is 9.48 Å². The summed E-state index contributed by atoms with van der Waals surface area (Å²) in [6.45, 7) is 0.897. The Hall–Kier alpha value is -4.15. The van der Waals surface area contributed by atoms with Crippen molar-refractivity contribution in [2.75, 3.05) is 0 Å². The van der Waals surface area contributed by atoms with E-state index in [1.807, 2.05) is 36.9 Å². The van der Waals surface area contributed by atoms with Crippen molar-refractivity contribution in [2.24, 2.45) is 7.05 Å². The third kappa shape index (κ3) is 3.60. The number of aromatic nitrogens is 6. The maximum Gasteiger partial charge on any atom is 0.408 e. The van der Waals surface area contributed by atoms with E-state index < -0.39 is 18.1 Å². The van der Waals surface area contributed by atoms with Crippen molar-refractivity contribution in [1.29, 1.82) is 0 Å². The molecule has 5 aromatic heterocycles. The molecule has 0 aromatic carbocycles. The van der Waals surface area contributed by atoms with Crippen molar-refractivity contribution in [1.82, 2.24) is 34.7 Å². The monoisotopic (exact) mass is 453 g/mol. The van der Waals surface area contributed by atoms with Crippen LogP contribution in [0.1, 0.15) is 17.3 Å². The van der Waals surface area contributed by atoms with E-state index in [1.54, 1.807) is 29.3 Å². The van der Waals surface area contributed by atoms with E-state index in [0.717, 1.165) is 34.6 Å². The normalized spacial score (nSPS) is 13.0. The first-order valence-electron chi connectivity index (χ1n) is 10.0. The summed E-state index contributed by atoms with van der Waals surface area (Å²) < 4.78 is 41.8. The van der Waals surface area contributed by atoms with Crippen molar-refractivity contribution in [3.63, 3.8) is 0 Å². The second-order valence-electron chi connectivity index (χ2n) is 7.73. The lowest BCUT2D eigenvalue weighted by molar-refractivity contribution is -0.149. The quantitative estimate of drug-likeness (QED) is 0.431. The predicted molar refractivity (Wildman–Crippen MR) is 115 cm³/mol. The molecule has 0 aliphatic carbocycles. The lowest BCUT2D eigenvalue weighted by Crippen LogP contribution is -2.43. The SMILES string of the molecule is C[C@@H](NC(=O)c1cnn2ccc(-c3c[nH]c4nccc(-c5cnn(C)c5)c34)cc12)C(F)(F)F. The van der Waals surface area contributed by atoms with Gasteiger partial charge in [0, 0.05) is 48.3 Å². The van der Waals surface area contributed by atoms with Gasteiger partial charge in [0.05, 0.1) is 23.5 Å². The van der Waals surface area contributed by atoms with Crippen molar-refractivity contribution in [2.45, 2.75) is 19.1 Å². The minimum absolute atomic E-state index is 0.0541. The Morgan fingerprint density at radius 3 is 2.70 bits per heavy atom. The van der Waals surface area contributed by atoms with Crippen molar-refractivity contribution >= 4 is 22.5 Å². The molecule has 0 fully saturated rings. The number of halogens is 3. The summed E-state index contributed by atoms with van der Waals surface area (Å²) in [6.07, 6.45) is 5.55. The second-order valence-corrected chi connectivity index (χ2v) is 7.73. The molecule has 0 unspecified atom stereocenters. The van der Waals surface area contributed by atoms with Crippen LogP contribution in [0.2, 0.25) is 0 Å². The highest BCUT2D eigenvalue weighted by molar-refractivity contribution is 6.05. The average Bonchev–Trinajstić information content (AvgIpc) is 3.50. The first kappa shape index (κ1) is 20.7. The molecule has 0 radical (unpaired) electrons. The Kier molecular flexibility index (Phi) is 4.69. The zero-order valence-electron chi connectivity index (χ0n) is 17.6. The third-order valence-electron chi connectivity index (χ3n) is 5.51. The molecule has 5 rings (SSSR count). The van der Waals surface area contributed by atoms with Gasteiger partial charge in [0.2, 0.25) is 0 Å². The minimum atomic E-state index is -4.54. The van der Waals surface area contributed by atoms with Gasteiger partial charge >= 0.3 is 6.18 Å². The number of pyridine rings is 2. The van der Waals surface area contributed by atoms with Crippen molar-refractivity contribution in [3.8, 4) is 22.3 Å². The van der Waals surface area contributed by atoms with Crippen LogP contribution in [0, 0.1) is 0 Å². The van der Waals surface area contributed by atoms with E-state index >= 15 is 0 Å². The van der Waals surface area contributed by atoms with Gasteiger partial charge in [0.15, 0.2) is 0 Å². The maximum atomic E-state index is 12.9. The summed E-state index contributed by atoms with van der Waals surface area (Å²) >= 11 is 0. The van der Waals surface area contributed by atoms with E-state index in [1.165, 1.54) is 10.7 Å². The number of carbonyl (C=O) groups excluding carboxylic acids is 1. The molecular formula is C22H18F3N7O. The maximum absolute atomic E-state index is 12.9. The van der Waals surface area contributed by atoms with Crippen LogP contribution >= 0.6 is 0 Å². The highest BCUT2D eigenvalue weighted by Gasteiger charge is 2.37. The molecule has 168 valence electrons. The van der Waals surface area contributed by atoms with Crippen LogP contribution in [0.15, 0.2) is 55.4 Å². The van der Waals surface area contributed by atoms with Gasteiger partial charge in [0.1, 0.15) is 11.7 Å². The molecule has 5 aromatic rings. The van der Waals surface area contributed by atoms with E-state index in [-0.39, 0.29) is 5.56 Å². The average molecular weight is 453 g/mol. The van der Waals surface area contributed by atoms with E-state index in [4.69, 9.17) is 0 Å². The number of carbonyl (C=O) groups is 1. The van der Waals surface area contributed by atoms with Crippen LogP contribution in [-0.4, -0.2) is 47.5 Å². The standard InChI is InChI=1S/C22H18F3N7O/c1-12(22(23,24)25)30-21(33)17-10-29-32-6-4-13(7-18(17)32)16-9-27-20-19(16)15(3-5-26-20)14-8-28-31(2)11-14/h3-12H,1-2H3,(H,26,27)(H,30,33)/t12-/m1/s1. The molecule has 0 spiro atoms. The predicted octanol–water partition coefficient (Wildman–Crippen LogP) is 3.96. The molecule has 5 heterocycles. The topological polar surface area (TPSA) is 92.9 Å². The van der Waals surface area contributed by atoms with E-state index in [0.29, 0.717) is 11.2 Å². The number of fused-ring (bicyclic) bond motifs is 2. The highest BCUT2D eigenvalue weighted by atomic mass is 19.4. The molecule has 11 heteroatoms. The Bertz CT molecular complexity index is 1500. The lowest BCUT2D eigenvalue weighted by Gasteiger charge is -2.16. The molecule has 0 saturated carbocycles. The smallest absolute Gasteiger partial charge is 0.345 e. The Labute approximate surface area is 185 Å². The zero-order valence-corrected chi connectivity index (χ0v) is 17.6. The summed E-state index contributed by atoms with van der Waals surface area (Å²) in [5, 5.41) is 11.2. The van der Waals surface area contributed by atoms with Gasteiger partial charge < -0.3 is 10.3 Å². The molecule has 0 saturated heterocycles. The fraction of sp³-hybridized carbons (Fsp3) is 0.182. The van der Waals surface area contributed by atoms with Gasteiger partial charge in [-0.05, 0) is 36.2 Å². The first-order valence-corrected chi connectivity index (χ1v) is 10.0. The Balaban J connectivity index is 1.60. The highest BCUT2D eigenvalue weighted by Crippen LogP contribution is 2.36. The molecule has 0 bridgehead atoms. The van der Waals surface area contributed by atoms with Gasteiger partial charge in [-0.2, -0.15) is 23.4 Å². The number of H-pyrrole nitrogens is 1. The van der Waals surface area contributed by atoms with Crippen LogP contribution in [0.4, 0.5) is 13.2 Å². The summed E-state index contributed by atoms with van der Waals surface area (Å²) in [4.78, 5) is 20.1. The Morgan fingerprint density at radius 2 is 1.97 bits per heavy atom. The van der Waals surface area contributed by atoms with Crippen LogP contribution in [0.5, 0.6) is 0 Å². The molecule has 1 atom stereocenters. The summed E-state index contributed by atoms with van der Waals surface area (Å²) in [7, 11) is 1.83. The van der Waals surface area contributed by atoms with Gasteiger partial charge in [-0.25, -0.2) is 9.50 Å². The Morgan fingerprint density at radius 1 is 1.15 bits per heavy atom.